The zero-order valence-corrected chi connectivity index (χ0v) is 12.8. The summed E-state index contributed by atoms with van der Waals surface area (Å²) in [6.45, 7) is 5.20. The molecular formula is C15H18FNS2. The molecular weight excluding hydrogens is 277 g/mol. The second-order valence-corrected chi connectivity index (χ2v) is 6.74. The maximum atomic E-state index is 12.9. The number of nitrogens with one attached hydrogen (secondary N) is 1. The van der Waals surface area contributed by atoms with Crippen LogP contribution in [0.5, 0.6) is 0 Å². The first-order chi connectivity index (χ1) is 9.19. The average molecular weight is 295 g/mol. The van der Waals surface area contributed by atoms with E-state index < -0.39 is 0 Å². The molecule has 0 saturated carbocycles. The fourth-order valence-electron chi connectivity index (χ4n) is 1.84. The average Bonchev–Trinajstić information content (AvgIpc) is 2.83. The number of hydrogen-bond donors (Lipinski definition) is 1. The highest BCUT2D eigenvalue weighted by Gasteiger charge is 2.12. The van der Waals surface area contributed by atoms with Crippen LogP contribution in [0.3, 0.4) is 0 Å². The maximum Gasteiger partial charge on any atom is 0.123 e. The van der Waals surface area contributed by atoms with E-state index in [0.29, 0.717) is 6.04 Å². The third-order valence-electron chi connectivity index (χ3n) is 2.79. The summed E-state index contributed by atoms with van der Waals surface area (Å²) >= 11 is 3.60. The maximum absolute atomic E-state index is 12.9. The molecule has 1 N–H and O–H groups in total. The minimum Gasteiger partial charge on any atom is -0.309 e. The molecule has 0 saturated heterocycles. The van der Waals surface area contributed by atoms with Gasteiger partial charge in [0.25, 0.3) is 0 Å². The van der Waals surface area contributed by atoms with Crippen molar-refractivity contribution in [2.75, 3.05) is 12.3 Å². The van der Waals surface area contributed by atoms with Gasteiger partial charge in [-0.15, -0.1) is 23.1 Å². The third-order valence-corrected chi connectivity index (χ3v) is 5.01. The smallest absolute Gasteiger partial charge is 0.123 e. The summed E-state index contributed by atoms with van der Waals surface area (Å²) in [6, 6.07) is 11.4. The van der Waals surface area contributed by atoms with Crippen molar-refractivity contribution in [1.29, 1.82) is 0 Å². The van der Waals surface area contributed by atoms with Crippen LogP contribution in [0.4, 0.5) is 4.39 Å². The second-order valence-electron chi connectivity index (χ2n) is 4.32. The van der Waals surface area contributed by atoms with Crippen LogP contribution in [-0.2, 0) is 0 Å². The van der Waals surface area contributed by atoms with E-state index in [1.807, 2.05) is 23.5 Å². The molecule has 0 fully saturated rings. The van der Waals surface area contributed by atoms with Gasteiger partial charge in [-0.3, -0.25) is 0 Å². The predicted octanol–water partition coefficient (Wildman–Crippen LogP) is 4.64. The number of benzene rings is 1. The Kier molecular flexibility index (Phi) is 5.43. The quantitative estimate of drug-likeness (QED) is 0.779. The number of thioether (sulfide) groups is 1. The topological polar surface area (TPSA) is 12.0 Å². The van der Waals surface area contributed by atoms with Gasteiger partial charge in [-0.25, -0.2) is 4.39 Å². The van der Waals surface area contributed by atoms with E-state index in [4.69, 9.17) is 0 Å². The van der Waals surface area contributed by atoms with Crippen LogP contribution >= 0.6 is 23.1 Å². The van der Waals surface area contributed by atoms with Crippen molar-refractivity contribution in [3.05, 3.63) is 52.0 Å². The number of hydrogen-bond acceptors (Lipinski definition) is 3. The Morgan fingerprint density at radius 1 is 1.21 bits per heavy atom. The molecule has 0 spiro atoms. The minimum absolute atomic E-state index is 0.179. The SMILES string of the molecule is CCNC(CSc1ccc(F)cc1)c1ccc(C)s1. The van der Waals surface area contributed by atoms with Crippen molar-refractivity contribution >= 4 is 23.1 Å². The van der Waals surface area contributed by atoms with Crippen LogP contribution in [0, 0.1) is 12.7 Å². The van der Waals surface area contributed by atoms with E-state index >= 15 is 0 Å². The lowest BCUT2D eigenvalue weighted by atomic mass is 10.2. The van der Waals surface area contributed by atoms with Crippen LogP contribution in [-0.4, -0.2) is 12.3 Å². The largest absolute Gasteiger partial charge is 0.309 e. The Balaban J connectivity index is 1.99. The number of rotatable bonds is 6. The molecule has 4 heteroatoms. The standard InChI is InChI=1S/C15H18FNS2/c1-3-17-14(15-9-4-11(2)19-15)10-18-13-7-5-12(16)6-8-13/h4-9,14,17H,3,10H2,1-2H3. The molecule has 0 aliphatic carbocycles. The summed E-state index contributed by atoms with van der Waals surface area (Å²) in [7, 11) is 0. The molecule has 0 aliphatic rings. The van der Waals surface area contributed by atoms with Gasteiger partial charge in [0.05, 0.1) is 6.04 Å². The molecule has 1 nitrogen and oxygen atoms in total. The zero-order valence-electron chi connectivity index (χ0n) is 11.2. The summed E-state index contributed by atoms with van der Waals surface area (Å²) in [4.78, 5) is 3.82. The van der Waals surface area contributed by atoms with E-state index in [-0.39, 0.29) is 5.82 Å². The molecule has 1 heterocycles. The van der Waals surface area contributed by atoms with Gasteiger partial charge in [0, 0.05) is 20.4 Å². The van der Waals surface area contributed by atoms with Crippen LogP contribution < -0.4 is 5.32 Å². The Labute approximate surface area is 122 Å². The van der Waals surface area contributed by atoms with Crippen LogP contribution in [0.1, 0.15) is 22.7 Å². The molecule has 0 amide bonds. The lowest BCUT2D eigenvalue weighted by molar-refractivity contribution is 0.615. The second kappa shape index (κ2) is 7.08. The van der Waals surface area contributed by atoms with Crippen LogP contribution in [0.2, 0.25) is 0 Å². The molecule has 0 aliphatic heterocycles. The monoisotopic (exact) mass is 295 g/mol. The van der Waals surface area contributed by atoms with Crippen LogP contribution in [0.25, 0.3) is 0 Å². The summed E-state index contributed by atoms with van der Waals surface area (Å²) in [5, 5.41) is 3.51. The van der Waals surface area contributed by atoms with Crippen molar-refractivity contribution in [2.24, 2.45) is 0 Å². The minimum atomic E-state index is -0.179. The molecule has 1 unspecified atom stereocenters. The van der Waals surface area contributed by atoms with E-state index in [2.05, 4.69) is 31.3 Å². The molecule has 0 radical (unpaired) electrons. The lowest BCUT2D eigenvalue weighted by Gasteiger charge is -2.16. The normalized spacial score (nSPS) is 12.6. The fraction of sp³-hybridized carbons (Fsp3) is 0.333. The van der Waals surface area contributed by atoms with Crippen molar-refractivity contribution in [2.45, 2.75) is 24.8 Å². The van der Waals surface area contributed by atoms with Gasteiger partial charge >= 0.3 is 0 Å². The molecule has 1 aromatic heterocycles. The van der Waals surface area contributed by atoms with E-state index in [0.717, 1.165) is 17.2 Å². The molecule has 2 aromatic rings. The lowest BCUT2D eigenvalue weighted by Crippen LogP contribution is -2.21. The van der Waals surface area contributed by atoms with Gasteiger partial charge in [0.1, 0.15) is 5.82 Å². The van der Waals surface area contributed by atoms with Crippen LogP contribution in [0.15, 0.2) is 41.3 Å². The number of halogens is 1. The first-order valence-corrected chi connectivity index (χ1v) is 8.17. The Bertz CT molecular complexity index is 507. The van der Waals surface area contributed by atoms with Crippen molar-refractivity contribution < 1.29 is 4.39 Å². The third kappa shape index (κ3) is 4.34. The molecule has 1 aromatic carbocycles. The highest BCUT2D eigenvalue weighted by Crippen LogP contribution is 2.28. The number of aryl methyl sites for hydroxylation is 1. The van der Waals surface area contributed by atoms with Crippen molar-refractivity contribution in [3.8, 4) is 0 Å². The highest BCUT2D eigenvalue weighted by atomic mass is 32.2. The highest BCUT2D eigenvalue weighted by molar-refractivity contribution is 7.99. The van der Waals surface area contributed by atoms with E-state index in [9.17, 15) is 4.39 Å². The summed E-state index contributed by atoms with van der Waals surface area (Å²) in [5.74, 6) is 0.779. The number of thiophene rings is 1. The fourth-order valence-corrected chi connectivity index (χ4v) is 3.88. The first-order valence-electron chi connectivity index (χ1n) is 6.37. The molecule has 1 atom stereocenters. The summed E-state index contributed by atoms with van der Waals surface area (Å²) in [6.07, 6.45) is 0. The van der Waals surface area contributed by atoms with E-state index in [1.165, 1.54) is 21.9 Å². The molecule has 102 valence electrons. The molecule has 2 rings (SSSR count). The van der Waals surface area contributed by atoms with Gasteiger partial charge in [-0.1, -0.05) is 6.92 Å². The van der Waals surface area contributed by atoms with E-state index in [1.54, 1.807) is 11.8 Å². The summed E-state index contributed by atoms with van der Waals surface area (Å²) < 4.78 is 12.9. The van der Waals surface area contributed by atoms with Gasteiger partial charge in [0.2, 0.25) is 0 Å². The molecule has 0 bridgehead atoms. The van der Waals surface area contributed by atoms with Crippen molar-refractivity contribution in [3.63, 3.8) is 0 Å². The van der Waals surface area contributed by atoms with Gasteiger partial charge in [0.15, 0.2) is 0 Å². The van der Waals surface area contributed by atoms with Gasteiger partial charge < -0.3 is 5.32 Å². The predicted molar refractivity (Wildman–Crippen MR) is 82.6 cm³/mol. The van der Waals surface area contributed by atoms with Gasteiger partial charge in [-0.05, 0) is 49.9 Å². The Morgan fingerprint density at radius 3 is 2.53 bits per heavy atom. The Morgan fingerprint density at radius 2 is 1.95 bits per heavy atom. The summed E-state index contributed by atoms with van der Waals surface area (Å²) in [5.41, 5.74) is 0. The Hall–Kier alpha value is -0.840. The van der Waals surface area contributed by atoms with Crippen molar-refractivity contribution in [1.82, 2.24) is 5.32 Å². The van der Waals surface area contributed by atoms with Gasteiger partial charge in [-0.2, -0.15) is 0 Å². The molecule has 19 heavy (non-hydrogen) atoms. The first kappa shape index (κ1) is 14.6. The zero-order chi connectivity index (χ0) is 13.7.